The summed E-state index contributed by atoms with van der Waals surface area (Å²) in [4.78, 5) is 12.8. The van der Waals surface area contributed by atoms with E-state index in [2.05, 4.69) is 15.9 Å². The first-order chi connectivity index (χ1) is 10.1. The topological polar surface area (TPSA) is 52.3 Å². The van der Waals surface area contributed by atoms with Crippen molar-refractivity contribution in [3.63, 3.8) is 0 Å². The van der Waals surface area contributed by atoms with Gasteiger partial charge < -0.3 is 10.5 Å². The SMILES string of the molecule is Nc1ccc(C(=O)C2CCOC3(CCSCC3)C2)cc1Br. The molecule has 1 unspecified atom stereocenters. The molecule has 0 bridgehead atoms. The smallest absolute Gasteiger partial charge is 0.166 e. The van der Waals surface area contributed by atoms with E-state index < -0.39 is 0 Å². The predicted molar refractivity (Wildman–Crippen MR) is 90.9 cm³/mol. The minimum Gasteiger partial charge on any atom is -0.398 e. The molecule has 114 valence electrons. The molecule has 0 aliphatic carbocycles. The van der Waals surface area contributed by atoms with E-state index in [-0.39, 0.29) is 17.3 Å². The van der Waals surface area contributed by atoms with Gasteiger partial charge in [-0.2, -0.15) is 11.8 Å². The third-order valence-corrected chi connectivity index (χ3v) is 6.23. The van der Waals surface area contributed by atoms with Gasteiger partial charge in [0.1, 0.15) is 0 Å². The molecule has 3 nitrogen and oxygen atoms in total. The van der Waals surface area contributed by atoms with Gasteiger partial charge >= 0.3 is 0 Å². The van der Waals surface area contributed by atoms with Crippen LogP contribution >= 0.6 is 27.7 Å². The summed E-state index contributed by atoms with van der Waals surface area (Å²) in [6, 6.07) is 5.47. The molecule has 1 aromatic rings. The zero-order valence-electron chi connectivity index (χ0n) is 11.9. The predicted octanol–water partition coefficient (Wildman–Crippen LogP) is 3.91. The number of ketones is 1. The van der Waals surface area contributed by atoms with E-state index in [0.717, 1.165) is 47.2 Å². The van der Waals surface area contributed by atoms with Gasteiger partial charge in [-0.05, 0) is 71.3 Å². The molecule has 2 N–H and O–H groups in total. The standard InChI is InChI=1S/C16H20BrNO2S/c17-13-9-11(1-2-14(13)18)15(19)12-3-6-20-16(10-12)4-7-21-8-5-16/h1-2,9,12H,3-8,10,18H2. The fourth-order valence-electron chi connectivity index (χ4n) is 3.26. The van der Waals surface area contributed by atoms with Crippen LogP contribution in [-0.4, -0.2) is 29.5 Å². The Bertz CT molecular complexity index is 538. The van der Waals surface area contributed by atoms with Gasteiger partial charge in [-0.1, -0.05) is 0 Å². The maximum absolute atomic E-state index is 12.8. The minimum absolute atomic E-state index is 0.0468. The molecule has 2 fully saturated rings. The third-order valence-electron chi connectivity index (χ3n) is 4.55. The van der Waals surface area contributed by atoms with Gasteiger partial charge in [-0.3, -0.25) is 4.79 Å². The summed E-state index contributed by atoms with van der Waals surface area (Å²) >= 11 is 5.39. The van der Waals surface area contributed by atoms with Crippen LogP contribution in [0.15, 0.2) is 22.7 Å². The summed E-state index contributed by atoms with van der Waals surface area (Å²) in [5, 5.41) is 0. The van der Waals surface area contributed by atoms with Crippen molar-refractivity contribution in [2.75, 3.05) is 23.8 Å². The highest BCUT2D eigenvalue weighted by Crippen LogP contribution is 2.40. The maximum atomic E-state index is 12.8. The van der Waals surface area contributed by atoms with Crippen molar-refractivity contribution in [2.45, 2.75) is 31.3 Å². The molecule has 0 aromatic heterocycles. The number of benzene rings is 1. The molecule has 1 atom stereocenters. The molecule has 2 saturated heterocycles. The van der Waals surface area contributed by atoms with Gasteiger partial charge in [0.25, 0.3) is 0 Å². The molecule has 2 aliphatic rings. The number of carbonyl (C=O) groups is 1. The molecule has 21 heavy (non-hydrogen) atoms. The molecule has 3 rings (SSSR count). The van der Waals surface area contributed by atoms with Gasteiger partial charge in [0.2, 0.25) is 0 Å². The number of nitrogens with two attached hydrogens (primary N) is 1. The number of Topliss-reactive ketones (excluding diaryl/α,β-unsaturated/α-hetero) is 1. The lowest BCUT2D eigenvalue weighted by molar-refractivity contribution is -0.0959. The Balaban J connectivity index is 1.76. The zero-order valence-corrected chi connectivity index (χ0v) is 14.3. The number of hydrogen-bond donors (Lipinski definition) is 1. The normalized spacial score (nSPS) is 24.9. The molecule has 2 heterocycles. The van der Waals surface area contributed by atoms with E-state index in [1.807, 2.05) is 23.9 Å². The van der Waals surface area contributed by atoms with Crippen molar-refractivity contribution in [2.24, 2.45) is 5.92 Å². The van der Waals surface area contributed by atoms with Gasteiger partial charge in [-0.25, -0.2) is 0 Å². The first-order valence-corrected chi connectivity index (χ1v) is 9.35. The molecular weight excluding hydrogens is 350 g/mol. The summed E-state index contributed by atoms with van der Waals surface area (Å²) in [6.45, 7) is 0.706. The Labute approximate surface area is 138 Å². The Morgan fingerprint density at radius 2 is 2.14 bits per heavy atom. The summed E-state index contributed by atoms with van der Waals surface area (Å²) in [5.74, 6) is 2.61. The maximum Gasteiger partial charge on any atom is 0.166 e. The molecule has 2 aliphatic heterocycles. The Hall–Kier alpha value is -0.520. The molecule has 1 spiro atoms. The van der Waals surface area contributed by atoms with Crippen LogP contribution in [0.3, 0.4) is 0 Å². The molecule has 0 amide bonds. The Morgan fingerprint density at radius 1 is 1.38 bits per heavy atom. The number of halogens is 1. The molecule has 0 saturated carbocycles. The zero-order chi connectivity index (χ0) is 14.9. The fourth-order valence-corrected chi connectivity index (χ4v) is 4.88. The van der Waals surface area contributed by atoms with Crippen molar-refractivity contribution in [3.8, 4) is 0 Å². The van der Waals surface area contributed by atoms with E-state index in [1.165, 1.54) is 0 Å². The largest absolute Gasteiger partial charge is 0.398 e. The lowest BCUT2D eigenvalue weighted by atomic mass is 9.79. The average molecular weight is 370 g/mol. The number of nitrogen functional groups attached to an aromatic ring is 1. The van der Waals surface area contributed by atoms with Crippen molar-refractivity contribution in [3.05, 3.63) is 28.2 Å². The third kappa shape index (κ3) is 3.30. The highest BCUT2D eigenvalue weighted by molar-refractivity contribution is 9.10. The first kappa shape index (κ1) is 15.4. The van der Waals surface area contributed by atoms with E-state index in [1.54, 1.807) is 6.07 Å². The second-order valence-corrected chi connectivity index (χ2v) is 8.01. The summed E-state index contributed by atoms with van der Waals surface area (Å²) in [7, 11) is 0. The van der Waals surface area contributed by atoms with Crippen molar-refractivity contribution in [1.82, 2.24) is 0 Å². The number of ether oxygens (including phenoxy) is 1. The summed E-state index contributed by atoms with van der Waals surface area (Å²) < 4.78 is 6.87. The van der Waals surface area contributed by atoms with Crippen LogP contribution in [-0.2, 0) is 4.74 Å². The van der Waals surface area contributed by atoms with Crippen LogP contribution in [0.4, 0.5) is 5.69 Å². The second-order valence-electron chi connectivity index (χ2n) is 5.93. The van der Waals surface area contributed by atoms with Gasteiger partial charge in [0.15, 0.2) is 5.78 Å². The van der Waals surface area contributed by atoms with Crippen molar-refractivity contribution >= 4 is 39.2 Å². The van der Waals surface area contributed by atoms with Crippen LogP contribution in [0.5, 0.6) is 0 Å². The van der Waals surface area contributed by atoms with E-state index in [9.17, 15) is 4.79 Å². The van der Waals surface area contributed by atoms with Crippen LogP contribution in [0, 0.1) is 5.92 Å². The number of rotatable bonds is 2. The summed E-state index contributed by atoms with van der Waals surface area (Å²) in [5.41, 5.74) is 7.17. The van der Waals surface area contributed by atoms with Gasteiger partial charge in [-0.15, -0.1) is 0 Å². The lowest BCUT2D eigenvalue weighted by Gasteiger charge is -2.42. The van der Waals surface area contributed by atoms with Crippen LogP contribution in [0.25, 0.3) is 0 Å². The molecular formula is C16H20BrNO2S. The van der Waals surface area contributed by atoms with E-state index >= 15 is 0 Å². The number of anilines is 1. The fraction of sp³-hybridized carbons (Fsp3) is 0.562. The number of thioether (sulfide) groups is 1. The quantitative estimate of drug-likeness (QED) is 0.634. The average Bonchev–Trinajstić information content (AvgIpc) is 2.50. The van der Waals surface area contributed by atoms with Crippen molar-refractivity contribution in [1.29, 1.82) is 0 Å². The highest BCUT2D eigenvalue weighted by Gasteiger charge is 2.41. The number of hydrogen-bond acceptors (Lipinski definition) is 4. The number of carbonyl (C=O) groups excluding carboxylic acids is 1. The summed E-state index contributed by atoms with van der Waals surface area (Å²) in [6.07, 6.45) is 3.85. The molecule has 0 radical (unpaired) electrons. The second kappa shape index (κ2) is 6.31. The first-order valence-electron chi connectivity index (χ1n) is 7.41. The molecule has 1 aromatic carbocycles. The van der Waals surface area contributed by atoms with Crippen LogP contribution in [0.2, 0.25) is 0 Å². The van der Waals surface area contributed by atoms with E-state index in [4.69, 9.17) is 10.5 Å². The Kier molecular flexibility index (Phi) is 4.62. The minimum atomic E-state index is -0.0468. The Morgan fingerprint density at radius 3 is 2.86 bits per heavy atom. The highest BCUT2D eigenvalue weighted by atomic mass is 79.9. The lowest BCUT2D eigenvalue weighted by Crippen LogP contribution is -2.44. The van der Waals surface area contributed by atoms with E-state index in [0.29, 0.717) is 12.3 Å². The molecule has 5 heteroatoms. The van der Waals surface area contributed by atoms with Gasteiger partial charge in [0.05, 0.1) is 5.60 Å². The van der Waals surface area contributed by atoms with Crippen molar-refractivity contribution < 1.29 is 9.53 Å². The van der Waals surface area contributed by atoms with Crippen LogP contribution < -0.4 is 5.73 Å². The van der Waals surface area contributed by atoms with Crippen LogP contribution in [0.1, 0.15) is 36.0 Å². The monoisotopic (exact) mass is 369 g/mol. The van der Waals surface area contributed by atoms with Gasteiger partial charge in [0, 0.05) is 28.2 Å².